The van der Waals surface area contributed by atoms with Crippen molar-refractivity contribution in [2.75, 3.05) is 13.1 Å². The summed E-state index contributed by atoms with van der Waals surface area (Å²) in [6, 6.07) is 4.57. The van der Waals surface area contributed by atoms with Crippen molar-refractivity contribution in [3.8, 4) is 18.1 Å². The third kappa shape index (κ3) is 5.07. The number of aliphatic carboxylic acids is 1. The van der Waals surface area contributed by atoms with E-state index < -0.39 is 18.0 Å². The predicted octanol–water partition coefficient (Wildman–Crippen LogP) is 1.05. The van der Waals surface area contributed by atoms with Crippen LogP contribution in [0.4, 0.5) is 4.79 Å². The van der Waals surface area contributed by atoms with E-state index in [2.05, 4.69) is 11.2 Å². The standard InChI is InChI=1S/C15H18N2O4/c1-3-9-17(4-2)15(21)16-13(14(19)20)10-11-5-7-12(18)8-6-11/h1,5-8,13,18H,4,9-10H2,2H3,(H,16,21)(H,19,20). The Morgan fingerprint density at radius 1 is 1.38 bits per heavy atom. The van der Waals surface area contributed by atoms with Crippen LogP contribution in [0.5, 0.6) is 5.75 Å². The number of nitrogens with one attached hydrogen (secondary N) is 1. The quantitative estimate of drug-likeness (QED) is 0.683. The maximum absolute atomic E-state index is 11.9. The van der Waals surface area contributed by atoms with E-state index >= 15 is 0 Å². The molecular formula is C15H18N2O4. The number of nitrogens with zero attached hydrogens (tertiary/aromatic N) is 1. The molecule has 6 heteroatoms. The Bertz CT molecular complexity index is 534. The number of hydrogen-bond donors (Lipinski definition) is 3. The molecule has 1 aromatic carbocycles. The Labute approximate surface area is 123 Å². The Hall–Kier alpha value is -2.68. The highest BCUT2D eigenvalue weighted by atomic mass is 16.4. The number of carbonyl (C=O) groups excluding carboxylic acids is 1. The molecule has 0 aliphatic carbocycles. The van der Waals surface area contributed by atoms with Crippen molar-refractivity contribution in [2.24, 2.45) is 0 Å². The number of terminal acetylenes is 1. The van der Waals surface area contributed by atoms with Crippen LogP contribution >= 0.6 is 0 Å². The molecule has 0 saturated carbocycles. The van der Waals surface area contributed by atoms with Crippen molar-refractivity contribution in [3.63, 3.8) is 0 Å². The van der Waals surface area contributed by atoms with Crippen LogP contribution < -0.4 is 5.32 Å². The van der Waals surface area contributed by atoms with E-state index in [1.165, 1.54) is 17.0 Å². The minimum atomic E-state index is -1.13. The number of phenolic OH excluding ortho intramolecular Hbond substituents is 1. The average molecular weight is 290 g/mol. The fraction of sp³-hybridized carbons (Fsp3) is 0.333. The Morgan fingerprint density at radius 3 is 2.48 bits per heavy atom. The monoisotopic (exact) mass is 290 g/mol. The number of amides is 2. The van der Waals surface area contributed by atoms with Crippen molar-refractivity contribution < 1.29 is 19.8 Å². The van der Waals surface area contributed by atoms with E-state index in [1.807, 2.05) is 0 Å². The highest BCUT2D eigenvalue weighted by molar-refractivity contribution is 5.83. The van der Waals surface area contributed by atoms with Crippen LogP contribution in [-0.2, 0) is 11.2 Å². The first-order valence-electron chi connectivity index (χ1n) is 6.47. The fourth-order valence-corrected chi connectivity index (χ4v) is 1.75. The molecule has 1 rings (SSSR count). The molecule has 0 spiro atoms. The lowest BCUT2D eigenvalue weighted by Crippen LogP contribution is -2.49. The topological polar surface area (TPSA) is 89.9 Å². The number of phenols is 1. The summed E-state index contributed by atoms with van der Waals surface area (Å²) < 4.78 is 0. The molecule has 1 aromatic rings. The summed E-state index contributed by atoms with van der Waals surface area (Å²) in [6.07, 6.45) is 5.28. The number of hydrogen-bond acceptors (Lipinski definition) is 3. The van der Waals surface area contributed by atoms with Gasteiger partial charge in [-0.2, -0.15) is 0 Å². The van der Waals surface area contributed by atoms with Gasteiger partial charge in [0.15, 0.2) is 0 Å². The number of urea groups is 1. The van der Waals surface area contributed by atoms with Gasteiger partial charge in [0.05, 0.1) is 6.54 Å². The van der Waals surface area contributed by atoms with Gasteiger partial charge in [-0.15, -0.1) is 6.42 Å². The smallest absolute Gasteiger partial charge is 0.326 e. The molecule has 0 saturated heterocycles. The Kier molecular flexibility index (Phi) is 6.08. The molecule has 0 radical (unpaired) electrons. The predicted molar refractivity (Wildman–Crippen MR) is 77.8 cm³/mol. The first-order chi connectivity index (χ1) is 9.97. The molecule has 0 aliphatic heterocycles. The Morgan fingerprint density at radius 2 is 2.00 bits per heavy atom. The lowest BCUT2D eigenvalue weighted by molar-refractivity contribution is -0.139. The van der Waals surface area contributed by atoms with E-state index in [-0.39, 0.29) is 18.7 Å². The van der Waals surface area contributed by atoms with Crippen LogP contribution in [0.2, 0.25) is 0 Å². The summed E-state index contributed by atoms with van der Waals surface area (Å²) in [5.41, 5.74) is 0.695. The van der Waals surface area contributed by atoms with Crippen LogP contribution in [-0.4, -0.2) is 46.2 Å². The van der Waals surface area contributed by atoms with Gasteiger partial charge in [-0.05, 0) is 24.6 Å². The van der Waals surface area contributed by atoms with Gasteiger partial charge < -0.3 is 20.4 Å². The summed E-state index contributed by atoms with van der Waals surface area (Å²) in [6.45, 7) is 2.27. The van der Waals surface area contributed by atoms with Crippen LogP contribution in [0.1, 0.15) is 12.5 Å². The first kappa shape index (κ1) is 16.4. The van der Waals surface area contributed by atoms with Crippen molar-refractivity contribution in [3.05, 3.63) is 29.8 Å². The number of rotatable bonds is 6. The molecule has 3 N–H and O–H groups in total. The highest BCUT2D eigenvalue weighted by Gasteiger charge is 2.22. The minimum Gasteiger partial charge on any atom is -0.508 e. The molecule has 0 heterocycles. The molecule has 0 bridgehead atoms. The molecule has 0 aliphatic rings. The average Bonchev–Trinajstić information content (AvgIpc) is 2.45. The van der Waals surface area contributed by atoms with Crippen molar-refractivity contribution in [1.82, 2.24) is 10.2 Å². The number of carboxylic acids is 1. The normalized spacial score (nSPS) is 11.2. The number of aromatic hydroxyl groups is 1. The largest absolute Gasteiger partial charge is 0.508 e. The third-order valence-corrected chi connectivity index (χ3v) is 2.92. The van der Waals surface area contributed by atoms with Crippen molar-refractivity contribution >= 4 is 12.0 Å². The molecule has 1 atom stereocenters. The van der Waals surface area contributed by atoms with Gasteiger partial charge in [0.2, 0.25) is 0 Å². The molecule has 2 amide bonds. The lowest BCUT2D eigenvalue weighted by atomic mass is 10.1. The first-order valence-corrected chi connectivity index (χ1v) is 6.47. The van der Waals surface area contributed by atoms with Gasteiger partial charge in [0.1, 0.15) is 11.8 Å². The van der Waals surface area contributed by atoms with E-state index in [0.717, 1.165) is 0 Å². The summed E-state index contributed by atoms with van der Waals surface area (Å²) in [5.74, 6) is 1.31. The molecule has 1 unspecified atom stereocenters. The number of carboxylic acid groups (broad SMARTS) is 1. The number of carbonyl (C=O) groups is 2. The zero-order chi connectivity index (χ0) is 15.8. The lowest BCUT2D eigenvalue weighted by Gasteiger charge is -2.22. The van der Waals surface area contributed by atoms with Crippen molar-refractivity contribution in [1.29, 1.82) is 0 Å². The number of benzene rings is 1. The summed E-state index contributed by atoms with van der Waals surface area (Å²) in [5, 5.41) is 20.8. The van der Waals surface area contributed by atoms with Crippen LogP contribution in [0.15, 0.2) is 24.3 Å². The van der Waals surface area contributed by atoms with Gasteiger partial charge in [-0.25, -0.2) is 9.59 Å². The SMILES string of the molecule is C#CCN(CC)C(=O)NC(Cc1ccc(O)cc1)C(=O)O. The van der Waals surface area contributed by atoms with Crippen molar-refractivity contribution in [2.45, 2.75) is 19.4 Å². The van der Waals surface area contributed by atoms with Gasteiger partial charge in [-0.1, -0.05) is 18.1 Å². The zero-order valence-electron chi connectivity index (χ0n) is 11.7. The van der Waals surface area contributed by atoms with E-state index in [0.29, 0.717) is 12.1 Å². The summed E-state index contributed by atoms with van der Waals surface area (Å²) >= 11 is 0. The maximum atomic E-state index is 11.9. The minimum absolute atomic E-state index is 0.0980. The molecule has 6 nitrogen and oxygen atoms in total. The van der Waals surface area contributed by atoms with Gasteiger partial charge in [-0.3, -0.25) is 0 Å². The fourth-order valence-electron chi connectivity index (χ4n) is 1.75. The van der Waals surface area contributed by atoms with Crippen LogP contribution in [0, 0.1) is 12.3 Å². The zero-order valence-corrected chi connectivity index (χ0v) is 11.7. The molecule has 0 fully saturated rings. The second-order valence-corrected chi connectivity index (χ2v) is 4.43. The third-order valence-electron chi connectivity index (χ3n) is 2.92. The maximum Gasteiger partial charge on any atom is 0.326 e. The van der Waals surface area contributed by atoms with Gasteiger partial charge in [0.25, 0.3) is 0 Å². The highest BCUT2D eigenvalue weighted by Crippen LogP contribution is 2.11. The second-order valence-electron chi connectivity index (χ2n) is 4.43. The van der Waals surface area contributed by atoms with E-state index in [9.17, 15) is 19.8 Å². The molecule has 112 valence electrons. The molecule has 0 aromatic heterocycles. The van der Waals surface area contributed by atoms with Gasteiger partial charge >= 0.3 is 12.0 Å². The summed E-state index contributed by atoms with van der Waals surface area (Å²) in [7, 11) is 0. The molecular weight excluding hydrogens is 272 g/mol. The Balaban J connectivity index is 2.74. The molecule has 21 heavy (non-hydrogen) atoms. The second kappa shape index (κ2) is 7.80. The van der Waals surface area contributed by atoms with Crippen LogP contribution in [0.25, 0.3) is 0 Å². The van der Waals surface area contributed by atoms with Gasteiger partial charge in [0, 0.05) is 13.0 Å². The van der Waals surface area contributed by atoms with Crippen LogP contribution in [0.3, 0.4) is 0 Å². The van der Waals surface area contributed by atoms with E-state index in [1.54, 1.807) is 19.1 Å². The summed E-state index contributed by atoms with van der Waals surface area (Å²) in [4.78, 5) is 24.5. The van der Waals surface area contributed by atoms with E-state index in [4.69, 9.17) is 6.42 Å².